The SMILES string of the molecule is NC(=O)C[C@@H]1C(=O)N(c2ccc(Cl)cc2)C(=S)N1NC(=O)c1ccc(Cl)cc1. The molecule has 0 radical (unpaired) electrons. The molecule has 3 N–H and O–H groups in total. The van der Waals surface area contributed by atoms with Crippen molar-refractivity contribution < 1.29 is 14.4 Å². The van der Waals surface area contributed by atoms with Gasteiger partial charge in [0.05, 0.1) is 12.1 Å². The lowest BCUT2D eigenvalue weighted by Crippen LogP contribution is -2.49. The third kappa shape index (κ3) is 4.09. The van der Waals surface area contributed by atoms with Gasteiger partial charge in [0, 0.05) is 15.6 Å². The van der Waals surface area contributed by atoms with Crippen LogP contribution in [-0.4, -0.2) is 33.9 Å². The summed E-state index contributed by atoms with van der Waals surface area (Å²) in [7, 11) is 0. The van der Waals surface area contributed by atoms with Crippen LogP contribution in [0.3, 0.4) is 0 Å². The fourth-order valence-electron chi connectivity index (χ4n) is 2.69. The van der Waals surface area contributed by atoms with Gasteiger partial charge in [0.1, 0.15) is 6.04 Å². The summed E-state index contributed by atoms with van der Waals surface area (Å²) >= 11 is 17.1. The number of carbonyl (C=O) groups is 3. The Morgan fingerprint density at radius 3 is 2.11 bits per heavy atom. The molecule has 3 rings (SSSR count). The number of nitrogens with two attached hydrogens (primary N) is 1. The van der Waals surface area contributed by atoms with Crippen LogP contribution in [0.25, 0.3) is 0 Å². The Balaban J connectivity index is 1.90. The molecule has 1 atom stereocenters. The lowest BCUT2D eigenvalue weighted by molar-refractivity contribution is -0.125. The highest BCUT2D eigenvalue weighted by atomic mass is 35.5. The molecule has 1 heterocycles. The van der Waals surface area contributed by atoms with Crippen molar-refractivity contribution >= 4 is 63.9 Å². The number of anilines is 1. The summed E-state index contributed by atoms with van der Waals surface area (Å²) in [6, 6.07) is 11.5. The Hall–Kier alpha value is -2.68. The molecule has 1 aliphatic rings. The molecular weight excluding hydrogens is 423 g/mol. The molecule has 7 nitrogen and oxygen atoms in total. The smallest absolute Gasteiger partial charge is 0.269 e. The van der Waals surface area contributed by atoms with Crippen LogP contribution < -0.4 is 16.1 Å². The average Bonchev–Trinajstić information content (AvgIpc) is 2.87. The normalized spacial score (nSPS) is 16.4. The second-order valence-electron chi connectivity index (χ2n) is 5.94. The fourth-order valence-corrected chi connectivity index (χ4v) is 3.31. The first-order chi connectivity index (χ1) is 13.3. The summed E-state index contributed by atoms with van der Waals surface area (Å²) in [5, 5.41) is 2.15. The Labute approximate surface area is 176 Å². The number of primary amides is 1. The minimum absolute atomic E-state index is 0.0147. The third-order valence-electron chi connectivity index (χ3n) is 4.02. The van der Waals surface area contributed by atoms with E-state index in [0.29, 0.717) is 21.3 Å². The number of carbonyl (C=O) groups excluding carboxylic acids is 3. The van der Waals surface area contributed by atoms with Crippen LogP contribution in [0.15, 0.2) is 48.5 Å². The summed E-state index contributed by atoms with van der Waals surface area (Å²) in [4.78, 5) is 38.2. The van der Waals surface area contributed by atoms with E-state index < -0.39 is 23.8 Å². The Morgan fingerprint density at radius 1 is 1.04 bits per heavy atom. The molecule has 1 fully saturated rings. The number of hydrazine groups is 1. The Morgan fingerprint density at radius 2 is 1.57 bits per heavy atom. The van der Waals surface area contributed by atoms with Crippen molar-refractivity contribution in [3.63, 3.8) is 0 Å². The van der Waals surface area contributed by atoms with Crippen LogP contribution in [0.4, 0.5) is 5.69 Å². The zero-order valence-corrected chi connectivity index (χ0v) is 16.6. The predicted molar refractivity (Wildman–Crippen MR) is 110 cm³/mol. The summed E-state index contributed by atoms with van der Waals surface area (Å²) in [5.41, 5.74) is 8.62. The van der Waals surface area contributed by atoms with Gasteiger partial charge in [-0.2, -0.15) is 0 Å². The number of hydrogen-bond donors (Lipinski definition) is 2. The minimum Gasteiger partial charge on any atom is -0.370 e. The molecule has 0 spiro atoms. The van der Waals surface area contributed by atoms with Gasteiger partial charge in [-0.15, -0.1) is 0 Å². The first-order valence-electron chi connectivity index (χ1n) is 8.05. The molecule has 1 saturated heterocycles. The number of nitrogens with zero attached hydrogens (tertiary/aromatic N) is 2. The molecule has 2 aromatic rings. The monoisotopic (exact) mass is 436 g/mol. The fraction of sp³-hybridized carbons (Fsp3) is 0.111. The van der Waals surface area contributed by atoms with Crippen molar-refractivity contribution in [1.29, 1.82) is 0 Å². The molecule has 1 aliphatic heterocycles. The van der Waals surface area contributed by atoms with Crippen LogP contribution in [0.1, 0.15) is 16.8 Å². The minimum atomic E-state index is -1.06. The van der Waals surface area contributed by atoms with E-state index in [9.17, 15) is 14.4 Å². The lowest BCUT2D eigenvalue weighted by Gasteiger charge is -2.24. The molecule has 3 amide bonds. The van der Waals surface area contributed by atoms with E-state index in [1.807, 2.05) is 0 Å². The molecule has 0 saturated carbocycles. The highest BCUT2D eigenvalue weighted by molar-refractivity contribution is 7.80. The quantitative estimate of drug-likeness (QED) is 0.701. The first kappa shape index (κ1) is 20.1. The summed E-state index contributed by atoms with van der Waals surface area (Å²) in [5.74, 6) is -1.70. The highest BCUT2D eigenvalue weighted by Gasteiger charge is 2.45. The van der Waals surface area contributed by atoms with Crippen LogP contribution in [-0.2, 0) is 9.59 Å². The van der Waals surface area contributed by atoms with Gasteiger partial charge in [0.15, 0.2) is 0 Å². The number of halogens is 2. The van der Waals surface area contributed by atoms with Crippen molar-refractivity contribution in [2.75, 3.05) is 4.90 Å². The second kappa shape index (κ2) is 8.14. The van der Waals surface area contributed by atoms with Gasteiger partial charge in [-0.05, 0) is 60.7 Å². The molecule has 10 heteroatoms. The van der Waals surface area contributed by atoms with Crippen molar-refractivity contribution in [2.45, 2.75) is 12.5 Å². The number of nitrogens with one attached hydrogen (secondary N) is 1. The van der Waals surface area contributed by atoms with Crippen LogP contribution in [0, 0.1) is 0 Å². The van der Waals surface area contributed by atoms with E-state index >= 15 is 0 Å². The van der Waals surface area contributed by atoms with Gasteiger partial charge in [0.25, 0.3) is 11.8 Å². The largest absolute Gasteiger partial charge is 0.370 e. The maximum atomic E-state index is 12.9. The van der Waals surface area contributed by atoms with Gasteiger partial charge in [-0.25, -0.2) is 5.01 Å². The molecule has 0 unspecified atom stereocenters. The number of thiocarbonyl (C=S) groups is 1. The third-order valence-corrected chi connectivity index (χ3v) is 4.91. The van der Waals surface area contributed by atoms with E-state index in [1.54, 1.807) is 36.4 Å². The zero-order chi connectivity index (χ0) is 20.4. The van der Waals surface area contributed by atoms with E-state index in [-0.39, 0.29) is 11.5 Å². The van der Waals surface area contributed by atoms with E-state index in [2.05, 4.69) is 5.43 Å². The Bertz CT molecular complexity index is 950. The van der Waals surface area contributed by atoms with Crippen LogP contribution in [0.5, 0.6) is 0 Å². The summed E-state index contributed by atoms with van der Waals surface area (Å²) in [6.45, 7) is 0. The molecule has 0 aromatic heterocycles. The van der Waals surface area contributed by atoms with Crippen molar-refractivity contribution in [3.05, 3.63) is 64.1 Å². The van der Waals surface area contributed by atoms with E-state index in [0.717, 1.165) is 0 Å². The van der Waals surface area contributed by atoms with Crippen LogP contribution in [0.2, 0.25) is 10.0 Å². The van der Waals surface area contributed by atoms with Crippen molar-refractivity contribution in [1.82, 2.24) is 10.4 Å². The topological polar surface area (TPSA) is 95.7 Å². The molecule has 2 aromatic carbocycles. The Kier molecular flexibility index (Phi) is 5.83. The molecule has 144 valence electrons. The van der Waals surface area contributed by atoms with Gasteiger partial charge >= 0.3 is 0 Å². The maximum Gasteiger partial charge on any atom is 0.269 e. The van der Waals surface area contributed by atoms with E-state index in [4.69, 9.17) is 41.2 Å². The molecule has 0 bridgehead atoms. The lowest BCUT2D eigenvalue weighted by atomic mass is 10.2. The average molecular weight is 437 g/mol. The van der Waals surface area contributed by atoms with Gasteiger partial charge in [0.2, 0.25) is 11.0 Å². The van der Waals surface area contributed by atoms with Gasteiger partial charge in [-0.3, -0.25) is 24.7 Å². The summed E-state index contributed by atoms with van der Waals surface area (Å²) < 4.78 is 0. The van der Waals surface area contributed by atoms with Crippen molar-refractivity contribution in [3.8, 4) is 0 Å². The maximum absolute atomic E-state index is 12.9. The van der Waals surface area contributed by atoms with E-state index in [1.165, 1.54) is 22.0 Å². The van der Waals surface area contributed by atoms with Gasteiger partial charge < -0.3 is 5.73 Å². The molecule has 0 aliphatic carbocycles. The zero-order valence-electron chi connectivity index (χ0n) is 14.3. The van der Waals surface area contributed by atoms with Gasteiger partial charge in [-0.1, -0.05) is 23.2 Å². The van der Waals surface area contributed by atoms with Crippen molar-refractivity contribution in [2.24, 2.45) is 5.73 Å². The number of rotatable bonds is 5. The predicted octanol–water partition coefficient (Wildman–Crippen LogP) is 2.52. The second-order valence-corrected chi connectivity index (χ2v) is 7.17. The number of benzene rings is 2. The summed E-state index contributed by atoms with van der Waals surface area (Å²) in [6.07, 6.45) is -0.316. The number of amides is 3. The molecular formula is C18H14Cl2N4O3S. The number of hydrogen-bond acceptors (Lipinski definition) is 4. The standard InChI is InChI=1S/C18H14Cl2N4O3S/c19-11-3-1-10(2-4-11)16(26)22-24-14(9-15(21)25)17(27)23(18(24)28)13-7-5-12(20)6-8-13/h1-8,14H,9H2,(H2,21,25)(H,22,26)/t14-/m1/s1. The first-order valence-corrected chi connectivity index (χ1v) is 9.22. The molecule has 28 heavy (non-hydrogen) atoms. The highest BCUT2D eigenvalue weighted by Crippen LogP contribution is 2.27. The van der Waals surface area contributed by atoms with Crippen LogP contribution >= 0.6 is 35.4 Å².